The molecule has 0 spiro atoms. The fraction of sp³-hybridized carbons (Fsp3) is 0.550. The SMILES string of the molecule is CCNC(=NCC#Cc1cccc(C(F)(F)F)c1)NC1CCN(CC(F)F)CC1. The van der Waals surface area contributed by atoms with Crippen LogP contribution in [0.3, 0.4) is 0 Å². The van der Waals surface area contributed by atoms with Crippen LogP contribution in [0.25, 0.3) is 0 Å². The molecule has 1 aromatic rings. The van der Waals surface area contributed by atoms with Gasteiger partial charge in [-0.2, -0.15) is 13.2 Å². The summed E-state index contributed by atoms with van der Waals surface area (Å²) in [6, 6.07) is 4.97. The molecule has 1 saturated heterocycles. The molecule has 1 aliphatic heterocycles. The first-order valence-corrected chi connectivity index (χ1v) is 9.49. The molecule has 0 aliphatic carbocycles. The lowest BCUT2D eigenvalue weighted by Gasteiger charge is -2.32. The fourth-order valence-corrected chi connectivity index (χ4v) is 3.00. The van der Waals surface area contributed by atoms with Crippen LogP contribution in [0.15, 0.2) is 29.3 Å². The van der Waals surface area contributed by atoms with Crippen LogP contribution >= 0.6 is 0 Å². The van der Waals surface area contributed by atoms with Gasteiger partial charge in [0.25, 0.3) is 6.43 Å². The lowest BCUT2D eigenvalue weighted by Crippen LogP contribution is -2.49. The summed E-state index contributed by atoms with van der Waals surface area (Å²) in [6.45, 7) is 3.66. The summed E-state index contributed by atoms with van der Waals surface area (Å²) in [5.74, 6) is 6.00. The van der Waals surface area contributed by atoms with Gasteiger partial charge in [0.05, 0.1) is 12.1 Å². The molecule has 1 fully saturated rings. The van der Waals surface area contributed by atoms with Crippen LogP contribution in [-0.2, 0) is 6.18 Å². The normalized spacial score (nSPS) is 16.4. The maximum absolute atomic E-state index is 12.7. The summed E-state index contributed by atoms with van der Waals surface area (Å²) in [5.41, 5.74) is -0.458. The van der Waals surface area contributed by atoms with Crippen LogP contribution in [0, 0.1) is 11.8 Å². The molecule has 9 heteroatoms. The number of rotatable bonds is 5. The maximum Gasteiger partial charge on any atom is 0.416 e. The molecule has 0 unspecified atom stereocenters. The summed E-state index contributed by atoms with van der Waals surface area (Å²) in [6.07, 6.45) is -5.27. The molecular formula is C20H25F5N4. The van der Waals surface area contributed by atoms with Gasteiger partial charge in [0.2, 0.25) is 0 Å². The zero-order valence-electron chi connectivity index (χ0n) is 16.2. The molecule has 0 radical (unpaired) electrons. The lowest BCUT2D eigenvalue weighted by molar-refractivity contribution is -0.137. The smallest absolute Gasteiger partial charge is 0.357 e. The number of guanidine groups is 1. The average Bonchev–Trinajstić information content (AvgIpc) is 2.66. The highest BCUT2D eigenvalue weighted by Gasteiger charge is 2.30. The Balaban J connectivity index is 1.90. The number of benzene rings is 1. The summed E-state index contributed by atoms with van der Waals surface area (Å²) >= 11 is 0. The molecule has 1 heterocycles. The van der Waals surface area contributed by atoms with E-state index in [0.29, 0.717) is 25.6 Å². The second-order valence-electron chi connectivity index (χ2n) is 6.69. The molecule has 2 rings (SSSR count). The summed E-state index contributed by atoms with van der Waals surface area (Å²) in [7, 11) is 0. The molecule has 0 atom stereocenters. The van der Waals surface area contributed by atoms with Crippen molar-refractivity contribution >= 4 is 5.96 Å². The van der Waals surface area contributed by atoms with Crippen molar-refractivity contribution in [2.24, 2.45) is 4.99 Å². The van der Waals surface area contributed by atoms with Gasteiger partial charge in [-0.25, -0.2) is 13.8 Å². The van der Waals surface area contributed by atoms with Gasteiger partial charge in [0.15, 0.2) is 5.96 Å². The number of hydrogen-bond donors (Lipinski definition) is 2. The van der Waals surface area contributed by atoms with E-state index in [2.05, 4.69) is 27.5 Å². The van der Waals surface area contributed by atoms with Crippen LogP contribution in [0.1, 0.15) is 30.9 Å². The maximum atomic E-state index is 12.7. The van der Waals surface area contributed by atoms with Gasteiger partial charge in [-0.3, -0.25) is 4.90 Å². The molecule has 4 nitrogen and oxygen atoms in total. The predicted molar refractivity (Wildman–Crippen MR) is 103 cm³/mol. The minimum Gasteiger partial charge on any atom is -0.357 e. The molecule has 1 aromatic carbocycles. The number of hydrogen-bond acceptors (Lipinski definition) is 2. The molecule has 1 aliphatic rings. The van der Waals surface area contributed by atoms with E-state index in [1.807, 2.05) is 6.92 Å². The van der Waals surface area contributed by atoms with Gasteiger partial charge < -0.3 is 10.6 Å². The molecule has 0 amide bonds. The third kappa shape index (κ3) is 8.28. The topological polar surface area (TPSA) is 39.7 Å². The van der Waals surface area contributed by atoms with Gasteiger partial charge >= 0.3 is 6.18 Å². The van der Waals surface area contributed by atoms with Crippen LogP contribution in [0.2, 0.25) is 0 Å². The van der Waals surface area contributed by atoms with Gasteiger partial charge in [-0.1, -0.05) is 17.9 Å². The van der Waals surface area contributed by atoms with E-state index in [1.165, 1.54) is 12.1 Å². The Labute approximate surface area is 167 Å². The zero-order chi connectivity index (χ0) is 21.3. The number of piperidine rings is 1. The fourth-order valence-electron chi connectivity index (χ4n) is 3.00. The standard InChI is InChI=1S/C20H25F5N4/c1-2-26-19(28-17-8-11-29(12-9-17)14-18(21)22)27-10-4-6-15-5-3-7-16(13-15)20(23,24)25/h3,5,7,13,17-18H,2,8-12,14H2,1H3,(H2,26,27,28). The quantitative estimate of drug-likeness (QED) is 0.335. The van der Waals surface area contributed by atoms with Crippen molar-refractivity contribution in [3.63, 3.8) is 0 Å². The highest BCUT2D eigenvalue weighted by Crippen LogP contribution is 2.29. The van der Waals surface area contributed by atoms with Crippen molar-refractivity contribution in [3.05, 3.63) is 35.4 Å². The van der Waals surface area contributed by atoms with E-state index >= 15 is 0 Å². The van der Waals surface area contributed by atoms with Gasteiger partial charge in [0, 0.05) is 31.2 Å². The third-order valence-electron chi connectivity index (χ3n) is 4.41. The Kier molecular flexibility index (Phi) is 8.70. The van der Waals surface area contributed by atoms with Gasteiger partial charge in [-0.05, 0) is 38.0 Å². The first-order valence-electron chi connectivity index (χ1n) is 9.49. The van der Waals surface area contributed by atoms with Crippen molar-refractivity contribution in [2.75, 3.05) is 32.7 Å². The molecule has 0 aromatic heterocycles. The number of aliphatic imine (C=N–C) groups is 1. The second-order valence-corrected chi connectivity index (χ2v) is 6.69. The molecule has 29 heavy (non-hydrogen) atoms. The Morgan fingerprint density at radius 2 is 2.00 bits per heavy atom. The van der Waals surface area contributed by atoms with Crippen molar-refractivity contribution < 1.29 is 22.0 Å². The van der Waals surface area contributed by atoms with Crippen LogP contribution in [0.5, 0.6) is 0 Å². The average molecular weight is 416 g/mol. The van der Waals surface area contributed by atoms with E-state index in [4.69, 9.17) is 0 Å². The van der Waals surface area contributed by atoms with Crippen LogP contribution in [0.4, 0.5) is 22.0 Å². The van der Waals surface area contributed by atoms with Crippen molar-refractivity contribution in [1.82, 2.24) is 15.5 Å². The van der Waals surface area contributed by atoms with Gasteiger partial charge in [0.1, 0.15) is 6.54 Å². The van der Waals surface area contributed by atoms with Gasteiger partial charge in [-0.15, -0.1) is 0 Å². The summed E-state index contributed by atoms with van der Waals surface area (Å²) in [4.78, 5) is 6.07. The van der Waals surface area contributed by atoms with E-state index in [1.54, 1.807) is 4.90 Å². The number of likely N-dealkylation sites (tertiary alicyclic amines) is 1. The van der Waals surface area contributed by atoms with Crippen molar-refractivity contribution in [2.45, 2.75) is 38.4 Å². The highest BCUT2D eigenvalue weighted by atomic mass is 19.4. The summed E-state index contributed by atoms with van der Waals surface area (Å²) in [5, 5.41) is 6.36. The van der Waals surface area contributed by atoms with Crippen LogP contribution < -0.4 is 10.6 Å². The third-order valence-corrected chi connectivity index (χ3v) is 4.41. The van der Waals surface area contributed by atoms with E-state index in [0.717, 1.165) is 25.0 Å². The second kappa shape index (κ2) is 11.0. The van der Waals surface area contributed by atoms with E-state index in [9.17, 15) is 22.0 Å². The molecule has 2 N–H and O–H groups in total. The Bertz CT molecular complexity index is 728. The minimum absolute atomic E-state index is 0.121. The van der Waals surface area contributed by atoms with Crippen LogP contribution in [-0.4, -0.2) is 56.1 Å². The zero-order valence-corrected chi connectivity index (χ0v) is 16.2. The number of alkyl halides is 5. The molecule has 0 bridgehead atoms. The van der Waals surface area contributed by atoms with E-state index < -0.39 is 18.2 Å². The van der Waals surface area contributed by atoms with Crippen molar-refractivity contribution in [1.29, 1.82) is 0 Å². The molecule has 160 valence electrons. The number of halogens is 5. The first kappa shape index (κ1) is 22.9. The first-order chi connectivity index (χ1) is 13.8. The largest absolute Gasteiger partial charge is 0.416 e. The predicted octanol–water partition coefficient (Wildman–Crippen LogP) is 3.34. The number of nitrogens with one attached hydrogen (secondary N) is 2. The highest BCUT2D eigenvalue weighted by molar-refractivity contribution is 5.80. The minimum atomic E-state index is -4.40. The molecule has 0 saturated carbocycles. The van der Waals surface area contributed by atoms with Crippen molar-refractivity contribution in [3.8, 4) is 11.8 Å². The monoisotopic (exact) mass is 416 g/mol. The molecular weight excluding hydrogens is 391 g/mol. The Morgan fingerprint density at radius 3 is 2.62 bits per heavy atom. The van der Waals surface area contributed by atoms with E-state index in [-0.39, 0.29) is 24.7 Å². The Morgan fingerprint density at radius 1 is 1.28 bits per heavy atom. The lowest BCUT2D eigenvalue weighted by atomic mass is 10.1. The Hall–Kier alpha value is -2.34. The summed E-state index contributed by atoms with van der Waals surface area (Å²) < 4.78 is 63.1. The number of nitrogens with zero attached hydrogens (tertiary/aromatic N) is 2.